The van der Waals surface area contributed by atoms with Gasteiger partial charge in [0.15, 0.2) is 11.7 Å². The van der Waals surface area contributed by atoms with Gasteiger partial charge in [0.2, 0.25) is 5.89 Å². The molecule has 7 heterocycles. The molecule has 0 spiro atoms. The van der Waals surface area contributed by atoms with Crippen molar-refractivity contribution in [2.24, 2.45) is 11.8 Å². The number of esters is 1. The Balaban J connectivity index is 1.06. The number of oxazole rings is 2. The Morgan fingerprint density at radius 1 is 0.986 bits per heavy atom. The summed E-state index contributed by atoms with van der Waals surface area (Å²) < 4.78 is 55.2. The van der Waals surface area contributed by atoms with Gasteiger partial charge in [-0.3, -0.25) is 0 Å². The molecule has 15 atom stereocenters. The van der Waals surface area contributed by atoms with E-state index in [2.05, 4.69) is 22.5 Å². The van der Waals surface area contributed by atoms with E-state index < -0.39 is 48.4 Å². The lowest BCUT2D eigenvalue weighted by molar-refractivity contribution is -0.286. The highest BCUT2D eigenvalue weighted by molar-refractivity contribution is 9.11. The molecule has 4 fully saturated rings. The number of hydrogen-bond donors (Lipinski definition) is 3. The van der Waals surface area contributed by atoms with Crippen LogP contribution in [0.1, 0.15) is 121 Å². The quantitative estimate of drug-likeness (QED) is 0.104. The first-order valence-corrected chi connectivity index (χ1v) is 25.2. The van der Waals surface area contributed by atoms with E-state index in [1.54, 1.807) is 37.6 Å². The predicted octanol–water partition coefficient (Wildman–Crippen LogP) is 8.76. The Kier molecular flexibility index (Phi) is 18.9. The van der Waals surface area contributed by atoms with Crippen LogP contribution in [0.2, 0.25) is 0 Å². The molecule has 0 amide bonds. The van der Waals surface area contributed by atoms with Gasteiger partial charge in [-0.25, -0.2) is 14.8 Å². The van der Waals surface area contributed by atoms with E-state index in [4.69, 9.17) is 52.0 Å². The number of nitrogens with zero attached hydrogens (tertiary/aromatic N) is 2. The lowest BCUT2D eigenvalue weighted by Gasteiger charge is -2.44. The van der Waals surface area contributed by atoms with Gasteiger partial charge in [0.05, 0.1) is 67.5 Å². The zero-order valence-corrected chi connectivity index (χ0v) is 42.3. The highest BCUT2D eigenvalue weighted by Crippen LogP contribution is 2.40. The van der Waals surface area contributed by atoms with Crippen molar-refractivity contribution in [1.29, 1.82) is 0 Å². The van der Waals surface area contributed by atoms with Crippen LogP contribution in [0.25, 0.3) is 12.2 Å². The van der Waals surface area contributed by atoms with Gasteiger partial charge in [-0.1, -0.05) is 84.0 Å². The zero-order chi connectivity index (χ0) is 49.2. The summed E-state index contributed by atoms with van der Waals surface area (Å²) in [5, 5.41) is 33.9. The smallest absolute Gasteiger partial charge is 0.330 e. The summed E-state index contributed by atoms with van der Waals surface area (Å²) in [6.45, 7) is 12.2. The molecule has 378 valence electrons. The number of hydrogen-bond acceptors (Lipinski definition) is 15. The third kappa shape index (κ3) is 14.6. The van der Waals surface area contributed by atoms with Crippen LogP contribution in [0, 0.1) is 11.8 Å². The first kappa shape index (κ1) is 53.0. The van der Waals surface area contributed by atoms with Crippen LogP contribution < -0.4 is 0 Å². The highest BCUT2D eigenvalue weighted by atomic mass is 79.9. The van der Waals surface area contributed by atoms with E-state index in [9.17, 15) is 20.1 Å². The van der Waals surface area contributed by atoms with Crippen LogP contribution in [0.15, 0.2) is 92.2 Å². The highest BCUT2D eigenvalue weighted by Gasteiger charge is 2.45. The van der Waals surface area contributed by atoms with Crippen molar-refractivity contribution < 1.29 is 62.1 Å². The lowest BCUT2D eigenvalue weighted by atomic mass is 9.79. The molecule has 4 saturated heterocycles. The minimum absolute atomic E-state index is 0.0830. The van der Waals surface area contributed by atoms with E-state index >= 15 is 0 Å². The molecule has 16 heteroatoms. The number of methoxy groups -OCH3 is 2. The normalized spacial score (nSPS) is 36.1. The van der Waals surface area contributed by atoms with Crippen LogP contribution in [-0.2, 0) is 44.4 Å². The van der Waals surface area contributed by atoms with E-state index in [1.807, 2.05) is 64.2 Å². The minimum atomic E-state index is -1.73. The maximum absolute atomic E-state index is 13.6. The number of carbonyl (C=O) groups is 1. The second-order valence-electron chi connectivity index (χ2n) is 19.5. The summed E-state index contributed by atoms with van der Waals surface area (Å²) in [6.07, 6.45) is 19.5. The SMILES string of the molecule is C=C1C[C@H]2C/C=C\C(=O)O[C@@H]3[C@H](C)[C@H](C/C=C/c4nc(co4)[C@@H]4C[C@@H](O)C[C@H](C[C@H](C1)O2)O4)O[C@H](/C(C)=C/c1coc(CC2(O)CC(OC)CC(C(O)/C=C(C)/C=C/C(C/C=C/Br)OC)O2)n1)[C@H]3C. The number of aliphatic hydroxyl groups is 3. The molecular formula is C53H71BrN2O13. The van der Waals surface area contributed by atoms with Crippen LogP contribution in [0.4, 0.5) is 0 Å². The maximum Gasteiger partial charge on any atom is 0.330 e. The largest absolute Gasteiger partial charge is 0.458 e. The predicted molar refractivity (Wildman–Crippen MR) is 261 cm³/mol. The van der Waals surface area contributed by atoms with Gasteiger partial charge in [0.1, 0.15) is 36.1 Å². The van der Waals surface area contributed by atoms with Gasteiger partial charge in [-0.15, -0.1) is 0 Å². The fraction of sp³-hybridized carbons (Fsp3) is 0.604. The molecule has 5 aliphatic rings. The first-order valence-electron chi connectivity index (χ1n) is 24.3. The Hall–Kier alpha value is -3.81. The standard InChI is InChI=1S/C53H71BrN2O13/c1-31(16-17-38(61-6)12-10-18-54)21-44(58)47-26-42(62-7)27-53(60,69-47)28-49-55-36(29-63-49)22-33(3)51-35(5)52-34(4)45(67-51)13-9-14-48-56-43(30-64-48)46-24-37(57)23-41(66-46)25-40-20-32(2)19-39(65-40)11-8-15-50(59)68-52/h8-10,14-18,21-22,29-30,34-35,37-42,44-47,51-52,57-58,60H,2,11-13,19-20,23-28H2,1,3-7H3/b14-9+,15-8-,17-16+,18-10+,31-21+,33-22+/t34-,35-,37+,38?,39-,40+,41-,42?,44?,45+,46+,47?,51-,52-,53?/m1/s1. The minimum Gasteiger partial charge on any atom is -0.458 e. The van der Waals surface area contributed by atoms with Gasteiger partial charge in [0.25, 0.3) is 0 Å². The summed E-state index contributed by atoms with van der Waals surface area (Å²) in [5.74, 6) is -1.95. The van der Waals surface area contributed by atoms with Gasteiger partial charge >= 0.3 is 5.97 Å². The summed E-state index contributed by atoms with van der Waals surface area (Å²) in [7, 11) is 3.22. The second-order valence-corrected chi connectivity index (χ2v) is 20.0. The molecule has 5 unspecified atom stereocenters. The summed E-state index contributed by atoms with van der Waals surface area (Å²) in [5.41, 5.74) is 3.86. The summed E-state index contributed by atoms with van der Waals surface area (Å²) in [4.78, 5) is 24.8. The van der Waals surface area contributed by atoms with E-state index in [-0.39, 0.29) is 67.2 Å². The maximum atomic E-state index is 13.6. The number of aliphatic hydroxyl groups excluding tert-OH is 2. The fourth-order valence-corrected chi connectivity index (χ4v) is 10.6. The molecule has 15 nitrogen and oxygen atoms in total. The molecule has 5 aliphatic heterocycles. The second kappa shape index (κ2) is 24.5. The first-order chi connectivity index (χ1) is 33.1. The molecule has 8 bridgehead atoms. The van der Waals surface area contributed by atoms with Gasteiger partial charge < -0.3 is 57.3 Å². The van der Waals surface area contributed by atoms with Crippen molar-refractivity contribution in [2.75, 3.05) is 14.2 Å². The van der Waals surface area contributed by atoms with Crippen LogP contribution >= 0.6 is 15.9 Å². The number of halogens is 1. The van der Waals surface area contributed by atoms with Crippen molar-refractivity contribution in [1.82, 2.24) is 9.97 Å². The van der Waals surface area contributed by atoms with Gasteiger partial charge in [0, 0.05) is 57.8 Å². The van der Waals surface area contributed by atoms with E-state index in [0.29, 0.717) is 75.1 Å². The Morgan fingerprint density at radius 3 is 2.57 bits per heavy atom. The molecule has 0 aliphatic carbocycles. The molecule has 2 aromatic rings. The van der Waals surface area contributed by atoms with Crippen molar-refractivity contribution in [3.8, 4) is 0 Å². The third-order valence-electron chi connectivity index (χ3n) is 13.9. The van der Waals surface area contributed by atoms with Crippen molar-refractivity contribution in [3.63, 3.8) is 0 Å². The number of carbonyl (C=O) groups excluding carboxylic acids is 1. The molecule has 0 aromatic carbocycles. The van der Waals surface area contributed by atoms with Crippen molar-refractivity contribution in [3.05, 3.63) is 107 Å². The monoisotopic (exact) mass is 1020 g/mol. The molecular weight excluding hydrogens is 952 g/mol. The zero-order valence-electron chi connectivity index (χ0n) is 40.7. The van der Waals surface area contributed by atoms with Crippen LogP contribution in [0.3, 0.4) is 0 Å². The fourth-order valence-electron chi connectivity index (χ4n) is 10.4. The molecule has 7 rings (SSSR count). The number of aromatic nitrogens is 2. The molecule has 69 heavy (non-hydrogen) atoms. The average molecular weight is 1020 g/mol. The number of fused-ring (bicyclic) bond motifs is 9. The number of allylic oxidation sites excluding steroid dienone is 2. The topological polar surface area (TPSA) is 194 Å². The molecule has 0 radical (unpaired) electrons. The molecule has 2 aromatic heterocycles. The van der Waals surface area contributed by atoms with Crippen LogP contribution in [-0.4, -0.2) is 118 Å². The Bertz CT molecular complexity index is 2210. The van der Waals surface area contributed by atoms with Gasteiger partial charge in [-0.05, 0) is 75.1 Å². The van der Waals surface area contributed by atoms with Crippen molar-refractivity contribution in [2.45, 2.75) is 177 Å². The van der Waals surface area contributed by atoms with Crippen molar-refractivity contribution >= 4 is 34.1 Å². The third-order valence-corrected chi connectivity index (χ3v) is 14.2. The average Bonchev–Trinajstić information content (AvgIpc) is 3.96. The van der Waals surface area contributed by atoms with Crippen LogP contribution in [0.5, 0.6) is 0 Å². The Morgan fingerprint density at radius 2 is 1.78 bits per heavy atom. The Labute approximate surface area is 414 Å². The number of ether oxygens (including phenoxy) is 7. The van der Waals surface area contributed by atoms with E-state index in [0.717, 1.165) is 16.7 Å². The lowest BCUT2D eigenvalue weighted by Crippen LogP contribution is -2.51. The van der Waals surface area contributed by atoms with E-state index in [1.165, 1.54) is 12.3 Å². The number of rotatable bonds is 12. The molecule has 3 N–H and O–H groups in total. The summed E-state index contributed by atoms with van der Waals surface area (Å²) in [6, 6.07) is 0. The van der Waals surface area contributed by atoms with Gasteiger partial charge in [-0.2, -0.15) is 0 Å². The summed E-state index contributed by atoms with van der Waals surface area (Å²) >= 11 is 3.28. The molecule has 0 saturated carbocycles.